The maximum absolute atomic E-state index is 2.87. The molecule has 0 amide bonds. The summed E-state index contributed by atoms with van der Waals surface area (Å²) in [5.41, 5.74) is 5.22. The smallest absolute Gasteiger partial charge is 1.00 e. The number of halogens is 1. The second kappa shape index (κ2) is 9.54. The molecule has 0 aliphatic heterocycles. The molecule has 0 bridgehead atoms. The minimum Gasteiger partial charge on any atom is -1.00 e. The molecule has 0 aromatic heterocycles. The van der Waals surface area contributed by atoms with Crippen LogP contribution in [0.2, 0.25) is 0 Å². The molecule has 0 saturated carbocycles. The van der Waals surface area contributed by atoms with Crippen LogP contribution in [-0.4, -0.2) is 13.6 Å². The Kier molecular flexibility index (Phi) is 7.26. The molecule has 4 aromatic rings. The summed E-state index contributed by atoms with van der Waals surface area (Å²) in [4.78, 5) is 0. The van der Waals surface area contributed by atoms with Gasteiger partial charge in [-0.1, -0.05) is 0 Å². The summed E-state index contributed by atoms with van der Waals surface area (Å²) in [6.45, 7) is 8.67. The summed E-state index contributed by atoms with van der Waals surface area (Å²) < 4.78 is 5.85. The van der Waals surface area contributed by atoms with Crippen molar-refractivity contribution in [2.24, 2.45) is 0 Å². The van der Waals surface area contributed by atoms with Crippen LogP contribution in [0.1, 0.15) is 22.3 Å². The first-order valence-corrected chi connectivity index (χ1v) is 13.9. The second-order valence-electron chi connectivity index (χ2n) is 8.01. The molecule has 0 nitrogen and oxygen atoms in total. The standard InChI is InChI=1S/C28H28As.HI/c1-21-5-13-25(14-6-21)29(26-15-7-22(2)8-16-26,27-17-9-23(3)10-18-27)28-19-11-24(4)12-20-28;/h5-20H,1-4H3;1H/q+1;/p-1. The van der Waals surface area contributed by atoms with Gasteiger partial charge in [0.25, 0.3) is 0 Å². The molecule has 2 heteroatoms. The van der Waals surface area contributed by atoms with Crippen LogP contribution in [0.3, 0.4) is 0 Å². The zero-order valence-electron chi connectivity index (χ0n) is 18.1. The molecule has 0 saturated heterocycles. The van der Waals surface area contributed by atoms with Crippen molar-refractivity contribution >= 4 is 31.0 Å². The van der Waals surface area contributed by atoms with Gasteiger partial charge in [0.1, 0.15) is 0 Å². The number of aryl methyl sites for hydroxylation is 4. The summed E-state index contributed by atoms with van der Waals surface area (Å²) in [5, 5.41) is 0. The molecular weight excluding hydrogens is 538 g/mol. The zero-order chi connectivity index (χ0) is 20.4. The molecular formula is C28H28AsI. The predicted molar refractivity (Wildman–Crippen MR) is 129 cm³/mol. The van der Waals surface area contributed by atoms with Gasteiger partial charge in [0.2, 0.25) is 0 Å². The Balaban J connectivity index is 0.00000256. The van der Waals surface area contributed by atoms with Crippen molar-refractivity contribution in [3.63, 3.8) is 0 Å². The van der Waals surface area contributed by atoms with Crippen molar-refractivity contribution in [1.29, 1.82) is 0 Å². The third-order valence-electron chi connectivity index (χ3n) is 5.69. The van der Waals surface area contributed by atoms with Gasteiger partial charge in [-0.15, -0.1) is 0 Å². The fourth-order valence-corrected chi connectivity index (χ4v) is 12.7. The van der Waals surface area contributed by atoms with E-state index in [1.807, 2.05) is 0 Å². The van der Waals surface area contributed by atoms with Crippen LogP contribution in [0.5, 0.6) is 0 Å². The molecule has 0 radical (unpaired) electrons. The monoisotopic (exact) mass is 566 g/mol. The summed E-state index contributed by atoms with van der Waals surface area (Å²) in [6.07, 6.45) is 0. The van der Waals surface area contributed by atoms with Crippen molar-refractivity contribution < 1.29 is 24.0 Å². The quantitative estimate of drug-likeness (QED) is 0.258. The number of hydrogen-bond donors (Lipinski definition) is 0. The predicted octanol–water partition coefficient (Wildman–Crippen LogP) is 1.30. The Hall–Kier alpha value is -1.83. The molecule has 0 N–H and O–H groups in total. The molecule has 0 atom stereocenters. The van der Waals surface area contributed by atoms with Gasteiger partial charge in [-0.05, 0) is 0 Å². The van der Waals surface area contributed by atoms with E-state index in [0.29, 0.717) is 0 Å². The van der Waals surface area contributed by atoms with Crippen LogP contribution >= 0.6 is 0 Å². The fraction of sp³-hybridized carbons (Fsp3) is 0.143. The first kappa shape index (κ1) is 22.8. The van der Waals surface area contributed by atoms with Gasteiger partial charge in [0.15, 0.2) is 0 Å². The normalized spacial score (nSPS) is 11.1. The molecule has 4 aromatic carbocycles. The average Bonchev–Trinajstić information content (AvgIpc) is 2.73. The van der Waals surface area contributed by atoms with Crippen LogP contribution in [0, 0.1) is 27.7 Å². The third-order valence-corrected chi connectivity index (χ3v) is 14.7. The minimum atomic E-state index is -2.87. The first-order valence-electron chi connectivity index (χ1n) is 10.2. The van der Waals surface area contributed by atoms with E-state index in [-0.39, 0.29) is 24.0 Å². The Morgan fingerprint density at radius 3 is 0.667 bits per heavy atom. The van der Waals surface area contributed by atoms with Crippen LogP contribution in [-0.2, 0) is 0 Å². The van der Waals surface area contributed by atoms with Crippen LogP contribution < -0.4 is 41.4 Å². The van der Waals surface area contributed by atoms with Crippen molar-refractivity contribution in [3.8, 4) is 0 Å². The van der Waals surface area contributed by atoms with Gasteiger partial charge in [-0.2, -0.15) is 0 Å². The van der Waals surface area contributed by atoms with E-state index in [4.69, 9.17) is 0 Å². The molecule has 30 heavy (non-hydrogen) atoms. The zero-order valence-corrected chi connectivity index (χ0v) is 22.1. The maximum Gasteiger partial charge on any atom is -1.00 e. The van der Waals surface area contributed by atoms with Crippen LogP contribution in [0.15, 0.2) is 97.1 Å². The Bertz CT molecular complexity index is 906. The minimum absolute atomic E-state index is 0. The van der Waals surface area contributed by atoms with Gasteiger partial charge in [0.05, 0.1) is 0 Å². The van der Waals surface area contributed by atoms with E-state index in [2.05, 4.69) is 125 Å². The molecule has 4 rings (SSSR count). The molecule has 0 unspecified atom stereocenters. The molecule has 0 aliphatic rings. The Morgan fingerprint density at radius 2 is 0.500 bits per heavy atom. The first-order chi connectivity index (χ1) is 14.0. The van der Waals surface area contributed by atoms with E-state index in [1.165, 1.54) is 39.7 Å². The van der Waals surface area contributed by atoms with Crippen LogP contribution in [0.4, 0.5) is 0 Å². The van der Waals surface area contributed by atoms with Gasteiger partial charge >= 0.3 is 178 Å². The summed E-state index contributed by atoms with van der Waals surface area (Å²) >= 11 is -2.87. The van der Waals surface area contributed by atoms with E-state index >= 15 is 0 Å². The van der Waals surface area contributed by atoms with Crippen molar-refractivity contribution in [1.82, 2.24) is 0 Å². The second-order valence-corrected chi connectivity index (χ2v) is 15.2. The third kappa shape index (κ3) is 4.29. The fourth-order valence-electron chi connectivity index (χ4n) is 3.97. The van der Waals surface area contributed by atoms with Gasteiger partial charge in [-0.3, -0.25) is 0 Å². The molecule has 0 heterocycles. The summed E-state index contributed by atoms with van der Waals surface area (Å²) in [6, 6.07) is 37.0. The van der Waals surface area contributed by atoms with E-state index in [1.54, 1.807) is 0 Å². The molecule has 0 fully saturated rings. The van der Waals surface area contributed by atoms with Gasteiger partial charge in [0, 0.05) is 0 Å². The molecule has 152 valence electrons. The van der Waals surface area contributed by atoms with E-state index in [0.717, 1.165) is 0 Å². The van der Waals surface area contributed by atoms with E-state index < -0.39 is 13.6 Å². The number of hydrogen-bond acceptors (Lipinski definition) is 0. The summed E-state index contributed by atoms with van der Waals surface area (Å²) in [7, 11) is 0. The Labute approximate surface area is 200 Å². The topological polar surface area (TPSA) is 0 Å². The van der Waals surface area contributed by atoms with Gasteiger partial charge in [-0.25, -0.2) is 0 Å². The molecule has 0 aliphatic carbocycles. The van der Waals surface area contributed by atoms with Crippen molar-refractivity contribution in [3.05, 3.63) is 119 Å². The summed E-state index contributed by atoms with van der Waals surface area (Å²) in [5.74, 6) is 0. The molecule has 0 spiro atoms. The number of benzene rings is 4. The SMILES string of the molecule is Cc1ccc([As+](c2ccc(C)cc2)(c2ccc(C)cc2)c2ccc(C)cc2)cc1.[I-]. The Morgan fingerprint density at radius 1 is 0.333 bits per heavy atom. The van der Waals surface area contributed by atoms with Crippen molar-refractivity contribution in [2.45, 2.75) is 27.7 Å². The van der Waals surface area contributed by atoms with E-state index in [9.17, 15) is 0 Å². The maximum atomic E-state index is 2.36. The van der Waals surface area contributed by atoms with Crippen molar-refractivity contribution in [2.75, 3.05) is 0 Å². The number of rotatable bonds is 4. The largest absolute Gasteiger partial charge is 1.00 e. The average molecular weight is 566 g/mol. The van der Waals surface area contributed by atoms with Gasteiger partial charge < -0.3 is 24.0 Å². The van der Waals surface area contributed by atoms with Crippen LogP contribution in [0.25, 0.3) is 0 Å².